The van der Waals surface area contributed by atoms with Crippen LogP contribution in [0.15, 0.2) is 52.6 Å². The molecule has 0 spiro atoms. The maximum Gasteiger partial charge on any atom is 0.276 e. The van der Waals surface area contributed by atoms with Crippen LogP contribution in [0.1, 0.15) is 37.8 Å². The predicted molar refractivity (Wildman–Crippen MR) is 109 cm³/mol. The van der Waals surface area contributed by atoms with Gasteiger partial charge < -0.3 is 15.6 Å². The van der Waals surface area contributed by atoms with E-state index in [1.165, 1.54) is 19.3 Å². The normalized spacial score (nSPS) is 15.8. The number of nitrogens with one attached hydrogen (secondary N) is 3. The first-order valence-corrected chi connectivity index (χ1v) is 9.42. The summed E-state index contributed by atoms with van der Waals surface area (Å²) in [6.45, 7) is 1.85. The highest BCUT2D eigenvalue weighted by molar-refractivity contribution is 6.05. The van der Waals surface area contributed by atoms with Gasteiger partial charge in [-0.15, -0.1) is 0 Å². The van der Waals surface area contributed by atoms with Gasteiger partial charge in [0.25, 0.3) is 5.56 Å². The first-order chi connectivity index (χ1) is 13.2. The second-order valence-electron chi connectivity index (χ2n) is 7.00. The minimum atomic E-state index is -0.174. The molecule has 3 N–H and O–H groups in total. The lowest BCUT2D eigenvalue weighted by Crippen LogP contribution is -2.26. The number of aromatic amines is 1. The van der Waals surface area contributed by atoms with E-state index in [1.807, 2.05) is 43.5 Å². The van der Waals surface area contributed by atoms with E-state index < -0.39 is 0 Å². The second kappa shape index (κ2) is 7.65. The third-order valence-electron chi connectivity index (χ3n) is 4.81. The predicted octanol–water partition coefficient (Wildman–Crippen LogP) is 3.54. The van der Waals surface area contributed by atoms with Crippen LogP contribution in [0, 0.1) is 6.92 Å². The number of guanidine groups is 1. The van der Waals surface area contributed by atoms with E-state index in [0.29, 0.717) is 17.3 Å². The average Bonchev–Trinajstić information content (AvgIpc) is 3.06. The van der Waals surface area contributed by atoms with Crippen LogP contribution in [0.2, 0.25) is 0 Å². The molecule has 27 heavy (non-hydrogen) atoms. The number of fused-ring (bicyclic) bond motifs is 1. The van der Waals surface area contributed by atoms with E-state index >= 15 is 0 Å². The molecule has 0 saturated heterocycles. The van der Waals surface area contributed by atoms with Crippen molar-refractivity contribution in [1.82, 2.24) is 14.4 Å². The smallest absolute Gasteiger partial charge is 0.276 e. The average molecular weight is 364 g/mol. The van der Waals surface area contributed by atoms with Crippen LogP contribution >= 0.6 is 0 Å². The fourth-order valence-corrected chi connectivity index (χ4v) is 3.51. The van der Waals surface area contributed by atoms with Crippen molar-refractivity contribution in [2.75, 3.05) is 10.6 Å². The van der Waals surface area contributed by atoms with E-state index in [1.54, 1.807) is 10.7 Å². The van der Waals surface area contributed by atoms with Gasteiger partial charge in [0.2, 0.25) is 5.96 Å². The van der Waals surface area contributed by atoms with Crippen LogP contribution in [0.5, 0.6) is 0 Å². The van der Waals surface area contributed by atoms with Crippen molar-refractivity contribution in [1.29, 1.82) is 0 Å². The van der Waals surface area contributed by atoms with Crippen molar-refractivity contribution >= 4 is 23.0 Å². The zero-order valence-electron chi connectivity index (χ0n) is 15.4. The summed E-state index contributed by atoms with van der Waals surface area (Å²) in [6.07, 6.45) is 9.36. The summed E-state index contributed by atoms with van der Waals surface area (Å²) in [5, 5.41) is 6.58. The highest BCUT2D eigenvalue weighted by atomic mass is 16.1. The third kappa shape index (κ3) is 4.02. The zero-order chi connectivity index (χ0) is 18.6. The van der Waals surface area contributed by atoms with Crippen LogP contribution in [-0.2, 0) is 0 Å². The Morgan fingerprint density at radius 3 is 2.74 bits per heavy atom. The molecule has 0 amide bonds. The van der Waals surface area contributed by atoms with Gasteiger partial charge in [-0.05, 0) is 31.9 Å². The topological polar surface area (TPSA) is 86.6 Å². The lowest BCUT2D eigenvalue weighted by Gasteiger charge is -2.20. The Morgan fingerprint density at radius 1 is 1.19 bits per heavy atom. The highest BCUT2D eigenvalue weighted by Gasteiger charge is 2.16. The Morgan fingerprint density at radius 2 is 1.96 bits per heavy atom. The first kappa shape index (κ1) is 17.3. The minimum absolute atomic E-state index is 0.174. The molecule has 7 nitrogen and oxygen atoms in total. The minimum Gasteiger partial charge on any atom is -0.326 e. The summed E-state index contributed by atoms with van der Waals surface area (Å²) in [7, 11) is 0. The van der Waals surface area contributed by atoms with Crippen molar-refractivity contribution in [2.24, 2.45) is 4.99 Å². The molecule has 1 fully saturated rings. The molecule has 1 saturated carbocycles. The fraction of sp³-hybridized carbons (Fsp3) is 0.350. The van der Waals surface area contributed by atoms with E-state index in [2.05, 4.69) is 20.6 Å². The van der Waals surface area contributed by atoms with Crippen LogP contribution in [-0.4, -0.2) is 26.4 Å². The number of imidazole rings is 1. The van der Waals surface area contributed by atoms with Gasteiger partial charge in [-0.25, -0.2) is 9.98 Å². The molecule has 2 heterocycles. The van der Waals surface area contributed by atoms with Crippen molar-refractivity contribution in [2.45, 2.75) is 45.1 Å². The summed E-state index contributed by atoms with van der Waals surface area (Å²) in [4.78, 5) is 24.5. The van der Waals surface area contributed by atoms with Gasteiger partial charge in [-0.3, -0.25) is 9.20 Å². The standard InChI is InChI=1S/C20H24N6O/c1-14-12-26-13-21-18(17(26)19(27)22-14)25-20(23-15-8-4-2-5-9-15)24-16-10-6-3-7-11-16/h2,4-5,8-9,12-13,16H,3,6-7,10-11H2,1H3,(H,22,27)(H2,23,24,25). The number of benzene rings is 1. The number of aromatic nitrogens is 3. The number of hydrogen-bond donors (Lipinski definition) is 3. The van der Waals surface area contributed by atoms with Gasteiger partial charge in [0.15, 0.2) is 11.3 Å². The molecular formula is C20H24N6O. The van der Waals surface area contributed by atoms with Gasteiger partial charge in [0.05, 0.1) is 6.04 Å². The van der Waals surface area contributed by atoms with Gasteiger partial charge in [0, 0.05) is 17.6 Å². The van der Waals surface area contributed by atoms with Crippen LogP contribution in [0.4, 0.5) is 11.5 Å². The Kier molecular flexibility index (Phi) is 4.91. The summed E-state index contributed by atoms with van der Waals surface area (Å²) in [6, 6.07) is 10.2. The molecule has 2 aromatic heterocycles. The molecule has 3 aromatic rings. The number of nitrogens with zero attached hydrogens (tertiary/aromatic N) is 3. The van der Waals surface area contributed by atoms with Crippen LogP contribution in [0.25, 0.3) is 5.52 Å². The van der Waals surface area contributed by atoms with Crippen LogP contribution in [0.3, 0.4) is 0 Å². The molecule has 4 rings (SSSR count). The second-order valence-corrected chi connectivity index (χ2v) is 7.00. The van der Waals surface area contributed by atoms with Gasteiger partial charge in [-0.2, -0.15) is 0 Å². The number of rotatable bonds is 3. The molecule has 0 radical (unpaired) electrons. The number of para-hydroxylation sites is 1. The Balaban J connectivity index is 1.66. The number of H-pyrrole nitrogens is 1. The monoisotopic (exact) mass is 364 g/mol. The molecule has 1 aliphatic rings. The lowest BCUT2D eigenvalue weighted by molar-refractivity contribution is 0.443. The highest BCUT2D eigenvalue weighted by Crippen LogP contribution is 2.21. The van der Waals surface area contributed by atoms with E-state index in [0.717, 1.165) is 24.2 Å². The molecule has 140 valence electrons. The summed E-state index contributed by atoms with van der Waals surface area (Å²) >= 11 is 0. The van der Waals surface area contributed by atoms with Crippen LogP contribution < -0.4 is 16.2 Å². The molecule has 0 atom stereocenters. The maximum atomic E-state index is 12.4. The quantitative estimate of drug-likeness (QED) is 0.490. The Bertz CT molecular complexity index is 998. The molecule has 7 heteroatoms. The maximum absolute atomic E-state index is 12.4. The summed E-state index contributed by atoms with van der Waals surface area (Å²) < 4.78 is 1.73. The number of aliphatic imine (C=N–C) groups is 1. The van der Waals surface area contributed by atoms with E-state index in [4.69, 9.17) is 4.99 Å². The molecule has 1 aliphatic carbocycles. The summed E-state index contributed by atoms with van der Waals surface area (Å²) in [5.74, 6) is 1.11. The van der Waals surface area contributed by atoms with Crippen molar-refractivity contribution in [3.63, 3.8) is 0 Å². The van der Waals surface area contributed by atoms with E-state index in [9.17, 15) is 4.79 Å². The molecule has 1 aromatic carbocycles. The summed E-state index contributed by atoms with van der Waals surface area (Å²) in [5.41, 5.74) is 2.03. The molecule has 0 aliphatic heterocycles. The number of hydrogen-bond acceptors (Lipinski definition) is 3. The van der Waals surface area contributed by atoms with Crippen molar-refractivity contribution in [3.05, 3.63) is 58.9 Å². The first-order valence-electron chi connectivity index (χ1n) is 9.42. The SMILES string of the molecule is Cc1cn2cnc(NC(=NC3CCCCC3)Nc3ccccc3)c2c(=O)[nH]1. The largest absolute Gasteiger partial charge is 0.326 e. The van der Waals surface area contributed by atoms with Crippen molar-refractivity contribution in [3.8, 4) is 0 Å². The fourth-order valence-electron chi connectivity index (χ4n) is 3.51. The molecule has 0 bridgehead atoms. The third-order valence-corrected chi connectivity index (χ3v) is 4.81. The Labute approximate surface area is 157 Å². The number of aryl methyl sites for hydroxylation is 1. The molecular weight excluding hydrogens is 340 g/mol. The van der Waals surface area contributed by atoms with Crippen molar-refractivity contribution < 1.29 is 0 Å². The molecule has 0 unspecified atom stereocenters. The lowest BCUT2D eigenvalue weighted by atomic mass is 9.96. The van der Waals surface area contributed by atoms with Gasteiger partial charge in [0.1, 0.15) is 6.33 Å². The zero-order valence-corrected chi connectivity index (χ0v) is 15.4. The number of anilines is 2. The van der Waals surface area contributed by atoms with E-state index in [-0.39, 0.29) is 11.6 Å². The Hall–Kier alpha value is -3.09. The van der Waals surface area contributed by atoms with Gasteiger partial charge >= 0.3 is 0 Å². The van der Waals surface area contributed by atoms with Gasteiger partial charge in [-0.1, -0.05) is 37.5 Å².